The Morgan fingerprint density at radius 1 is 1.15 bits per heavy atom. The zero-order valence-corrected chi connectivity index (χ0v) is 20.0. The standard InChI is InChI=1S/C26H32N4O4/c1-18-7-9-20(10-8-18)26(2)24(32)30(25(33)28-26)17-23(31)27-21-11-13-29(14-12-21)16-19-5-4-6-22(15-19)34-3/h4-10,15,21H,11-14,16-17H2,1-3H3,(H,27,31)(H,28,33). The minimum absolute atomic E-state index is 0.0262. The molecule has 2 aromatic carbocycles. The molecule has 180 valence electrons. The fraction of sp³-hybridized carbons (Fsp3) is 0.423. The van der Waals surface area contributed by atoms with E-state index >= 15 is 0 Å². The molecule has 2 aliphatic heterocycles. The number of methoxy groups -OCH3 is 1. The molecule has 4 amide bonds. The van der Waals surface area contributed by atoms with Gasteiger partial charge in [-0.05, 0) is 49.9 Å². The summed E-state index contributed by atoms with van der Waals surface area (Å²) in [6.07, 6.45) is 1.63. The Bertz CT molecular complexity index is 1060. The fourth-order valence-corrected chi connectivity index (χ4v) is 4.60. The first-order chi connectivity index (χ1) is 16.3. The minimum Gasteiger partial charge on any atom is -0.497 e. The van der Waals surface area contributed by atoms with Crippen LogP contribution in [0.15, 0.2) is 48.5 Å². The molecule has 8 heteroatoms. The molecule has 0 radical (unpaired) electrons. The number of rotatable bonds is 7. The molecule has 2 aromatic rings. The van der Waals surface area contributed by atoms with E-state index in [1.807, 2.05) is 49.4 Å². The third kappa shape index (κ3) is 5.07. The molecule has 1 atom stereocenters. The van der Waals surface area contributed by atoms with Crippen molar-refractivity contribution in [3.63, 3.8) is 0 Å². The first kappa shape index (κ1) is 23.8. The van der Waals surface area contributed by atoms with Gasteiger partial charge in [0.1, 0.15) is 17.8 Å². The lowest BCUT2D eigenvalue weighted by molar-refractivity contribution is -0.135. The normalized spacial score (nSPS) is 21.4. The van der Waals surface area contributed by atoms with E-state index in [4.69, 9.17) is 4.74 Å². The maximum Gasteiger partial charge on any atom is 0.325 e. The number of hydrogen-bond acceptors (Lipinski definition) is 5. The van der Waals surface area contributed by atoms with Crippen LogP contribution in [-0.2, 0) is 21.7 Å². The Labute approximate surface area is 200 Å². The van der Waals surface area contributed by atoms with Gasteiger partial charge in [-0.1, -0.05) is 42.0 Å². The number of urea groups is 1. The Morgan fingerprint density at radius 3 is 2.53 bits per heavy atom. The number of nitrogens with zero attached hydrogens (tertiary/aromatic N) is 2. The van der Waals surface area contributed by atoms with Crippen LogP contribution >= 0.6 is 0 Å². The molecule has 2 aliphatic rings. The molecule has 34 heavy (non-hydrogen) atoms. The lowest BCUT2D eigenvalue weighted by atomic mass is 9.91. The molecule has 2 N–H and O–H groups in total. The van der Waals surface area contributed by atoms with Gasteiger partial charge >= 0.3 is 6.03 Å². The molecular formula is C26H32N4O4. The van der Waals surface area contributed by atoms with Crippen molar-refractivity contribution in [2.45, 2.75) is 44.8 Å². The van der Waals surface area contributed by atoms with Gasteiger partial charge in [-0.3, -0.25) is 19.4 Å². The summed E-state index contributed by atoms with van der Waals surface area (Å²) in [5.74, 6) is 0.117. The SMILES string of the molecule is COc1cccc(CN2CCC(NC(=O)CN3C(=O)NC(C)(c4ccc(C)cc4)C3=O)CC2)c1. The van der Waals surface area contributed by atoms with Gasteiger partial charge in [-0.15, -0.1) is 0 Å². The van der Waals surface area contributed by atoms with E-state index in [1.54, 1.807) is 14.0 Å². The van der Waals surface area contributed by atoms with E-state index in [-0.39, 0.29) is 18.5 Å². The monoisotopic (exact) mass is 464 g/mol. The first-order valence-electron chi connectivity index (χ1n) is 11.6. The predicted molar refractivity (Wildman–Crippen MR) is 128 cm³/mol. The number of imide groups is 1. The summed E-state index contributed by atoms with van der Waals surface area (Å²) in [4.78, 5) is 41.6. The summed E-state index contributed by atoms with van der Waals surface area (Å²) in [5, 5.41) is 5.76. The summed E-state index contributed by atoms with van der Waals surface area (Å²) >= 11 is 0. The molecule has 2 saturated heterocycles. The fourth-order valence-electron chi connectivity index (χ4n) is 4.60. The third-order valence-corrected chi connectivity index (χ3v) is 6.70. The van der Waals surface area contributed by atoms with Gasteiger partial charge in [0.25, 0.3) is 5.91 Å². The van der Waals surface area contributed by atoms with Crippen LogP contribution in [-0.4, -0.2) is 60.4 Å². The van der Waals surface area contributed by atoms with Crippen LogP contribution in [0.5, 0.6) is 5.75 Å². The van der Waals surface area contributed by atoms with Crippen LogP contribution in [0.25, 0.3) is 0 Å². The molecule has 2 fully saturated rings. The summed E-state index contributed by atoms with van der Waals surface area (Å²) in [5.41, 5.74) is 1.78. The zero-order chi connectivity index (χ0) is 24.3. The summed E-state index contributed by atoms with van der Waals surface area (Å²) in [6, 6.07) is 15.0. The largest absolute Gasteiger partial charge is 0.497 e. The number of carbonyl (C=O) groups excluding carboxylic acids is 3. The number of amides is 4. The Morgan fingerprint density at radius 2 is 1.85 bits per heavy atom. The first-order valence-corrected chi connectivity index (χ1v) is 11.6. The smallest absolute Gasteiger partial charge is 0.325 e. The van der Waals surface area contributed by atoms with Crippen molar-refractivity contribution in [3.8, 4) is 5.75 Å². The zero-order valence-electron chi connectivity index (χ0n) is 20.0. The highest BCUT2D eigenvalue weighted by atomic mass is 16.5. The van der Waals surface area contributed by atoms with Crippen LogP contribution < -0.4 is 15.4 Å². The van der Waals surface area contributed by atoms with E-state index in [0.29, 0.717) is 5.56 Å². The molecule has 8 nitrogen and oxygen atoms in total. The molecule has 0 aromatic heterocycles. The highest BCUT2D eigenvalue weighted by Gasteiger charge is 2.49. The minimum atomic E-state index is -1.17. The molecule has 0 bridgehead atoms. The van der Waals surface area contributed by atoms with Gasteiger partial charge in [-0.25, -0.2) is 4.79 Å². The van der Waals surface area contributed by atoms with Crippen molar-refractivity contribution in [2.75, 3.05) is 26.7 Å². The van der Waals surface area contributed by atoms with Crippen molar-refractivity contribution >= 4 is 17.8 Å². The number of carbonyl (C=O) groups is 3. The number of likely N-dealkylation sites (tertiary alicyclic amines) is 1. The number of nitrogens with one attached hydrogen (secondary N) is 2. The van der Waals surface area contributed by atoms with Gasteiger partial charge in [0.05, 0.1) is 7.11 Å². The van der Waals surface area contributed by atoms with Gasteiger partial charge in [0.15, 0.2) is 0 Å². The van der Waals surface area contributed by atoms with Crippen LogP contribution in [0, 0.1) is 6.92 Å². The third-order valence-electron chi connectivity index (χ3n) is 6.70. The second-order valence-corrected chi connectivity index (χ2v) is 9.28. The molecule has 0 aliphatic carbocycles. The van der Waals surface area contributed by atoms with Crippen molar-refractivity contribution in [3.05, 3.63) is 65.2 Å². The van der Waals surface area contributed by atoms with Crippen molar-refractivity contribution in [1.29, 1.82) is 0 Å². The van der Waals surface area contributed by atoms with Crippen LogP contribution in [0.4, 0.5) is 4.79 Å². The highest BCUT2D eigenvalue weighted by Crippen LogP contribution is 2.29. The number of benzene rings is 2. The van der Waals surface area contributed by atoms with Crippen LogP contribution in [0.1, 0.15) is 36.5 Å². The molecule has 2 heterocycles. The second-order valence-electron chi connectivity index (χ2n) is 9.28. The van der Waals surface area contributed by atoms with E-state index in [0.717, 1.165) is 48.7 Å². The highest BCUT2D eigenvalue weighted by molar-refractivity contribution is 6.09. The van der Waals surface area contributed by atoms with Crippen LogP contribution in [0.3, 0.4) is 0 Å². The summed E-state index contributed by atoms with van der Waals surface area (Å²) < 4.78 is 5.29. The second kappa shape index (κ2) is 9.85. The van der Waals surface area contributed by atoms with Crippen molar-refractivity contribution in [2.24, 2.45) is 0 Å². The van der Waals surface area contributed by atoms with E-state index in [9.17, 15) is 14.4 Å². The maximum absolute atomic E-state index is 13.1. The van der Waals surface area contributed by atoms with Gasteiger partial charge in [0, 0.05) is 25.7 Å². The van der Waals surface area contributed by atoms with E-state index in [1.165, 1.54) is 5.56 Å². The molecule has 0 spiro atoms. The molecule has 4 rings (SSSR count). The Hall–Kier alpha value is -3.39. The maximum atomic E-state index is 13.1. The van der Waals surface area contributed by atoms with Crippen LogP contribution in [0.2, 0.25) is 0 Å². The van der Waals surface area contributed by atoms with Gasteiger partial charge in [-0.2, -0.15) is 0 Å². The average Bonchev–Trinajstić information content (AvgIpc) is 3.04. The molecule has 1 unspecified atom stereocenters. The summed E-state index contributed by atoms with van der Waals surface area (Å²) in [7, 11) is 1.66. The van der Waals surface area contributed by atoms with E-state index < -0.39 is 17.5 Å². The van der Waals surface area contributed by atoms with E-state index in [2.05, 4.69) is 21.6 Å². The molecular weight excluding hydrogens is 432 g/mol. The van der Waals surface area contributed by atoms with Crippen molar-refractivity contribution < 1.29 is 19.1 Å². The predicted octanol–water partition coefficient (Wildman–Crippen LogP) is 2.55. The lowest BCUT2D eigenvalue weighted by Crippen LogP contribution is -2.48. The van der Waals surface area contributed by atoms with Gasteiger partial charge < -0.3 is 15.4 Å². The number of ether oxygens (including phenoxy) is 1. The number of hydrogen-bond donors (Lipinski definition) is 2. The van der Waals surface area contributed by atoms with Crippen molar-refractivity contribution in [1.82, 2.24) is 20.4 Å². The van der Waals surface area contributed by atoms with Gasteiger partial charge in [0.2, 0.25) is 5.91 Å². The number of aryl methyl sites for hydroxylation is 1. The lowest BCUT2D eigenvalue weighted by Gasteiger charge is -2.32. The summed E-state index contributed by atoms with van der Waals surface area (Å²) in [6.45, 7) is 5.90. The Balaban J connectivity index is 1.28. The topological polar surface area (TPSA) is 91.0 Å². The number of piperidine rings is 1. The molecule has 0 saturated carbocycles. The average molecular weight is 465 g/mol. The Kier molecular flexibility index (Phi) is 6.88. The quantitative estimate of drug-likeness (QED) is 0.615.